The molecule has 0 aromatic carbocycles. The molecule has 2 amide bonds. The minimum absolute atomic E-state index is 0. The van der Waals surface area contributed by atoms with Crippen molar-refractivity contribution in [1.82, 2.24) is 20.6 Å². The zero-order valence-corrected chi connectivity index (χ0v) is 37.9. The van der Waals surface area contributed by atoms with Gasteiger partial charge in [0, 0.05) is 38.3 Å². The largest absolute Gasteiger partial charge is 0.467 e. The Balaban J connectivity index is -0.000000343. The molecule has 0 bridgehead atoms. The number of hydrogen-bond acceptors (Lipinski definition) is 11. The Hall–Kier alpha value is -2.67. The van der Waals surface area contributed by atoms with E-state index in [4.69, 9.17) is 29.7 Å². The lowest BCUT2D eigenvalue weighted by Crippen LogP contribution is -2.47. The number of aromatic amines is 1. The molecule has 0 aliphatic heterocycles. The van der Waals surface area contributed by atoms with E-state index < -0.39 is 63.2 Å². The standard InChI is InChI=1S/C16H33NO5Si.C10H19NO5.C6H15ClSi.C3H4N2.CH4/c1-15(2,3)21-14(19)17-11-10-12(13(18)20-7)22-23(8,9)16(4,5)6;1-10(2,3)16-9(14)11-6-5-7(12)8(13)15-4;1-6(2,3)8(4,5)7;1-2-5-3-4-1;/h12H,10-11H2,1-9H3,(H,17,19);7,12H,5-6H2,1-4H3,(H,11,14);1-5H3;1-3H,(H,4,5);1H4. The Morgan fingerprint density at radius 1 is 0.755 bits per heavy atom. The highest BCUT2D eigenvalue weighted by molar-refractivity contribution is 7.20. The van der Waals surface area contributed by atoms with Crippen molar-refractivity contribution in [3.8, 4) is 0 Å². The van der Waals surface area contributed by atoms with Crippen molar-refractivity contribution in [2.75, 3.05) is 27.3 Å². The summed E-state index contributed by atoms with van der Waals surface area (Å²) in [6, 6.07) is 0. The van der Waals surface area contributed by atoms with Crippen LogP contribution in [0.2, 0.25) is 36.3 Å². The number of amides is 2. The number of nitrogens with one attached hydrogen (secondary N) is 3. The van der Waals surface area contributed by atoms with E-state index in [2.05, 4.69) is 93.1 Å². The first kappa shape index (κ1) is 57.1. The fourth-order valence-electron chi connectivity index (χ4n) is 2.60. The van der Waals surface area contributed by atoms with Crippen molar-refractivity contribution in [3.05, 3.63) is 18.7 Å². The van der Waals surface area contributed by atoms with Crippen LogP contribution in [0.5, 0.6) is 0 Å². The van der Waals surface area contributed by atoms with Crippen molar-refractivity contribution < 1.29 is 47.7 Å². The van der Waals surface area contributed by atoms with Crippen LogP contribution >= 0.6 is 11.1 Å². The molecular weight excluding hydrogens is 740 g/mol. The highest BCUT2D eigenvalue weighted by Crippen LogP contribution is 2.38. The minimum atomic E-state index is -2.11. The van der Waals surface area contributed by atoms with Gasteiger partial charge in [-0.3, -0.25) is 0 Å². The van der Waals surface area contributed by atoms with Crippen molar-refractivity contribution in [2.45, 2.75) is 163 Å². The van der Waals surface area contributed by atoms with Crippen LogP contribution in [0.4, 0.5) is 9.59 Å². The van der Waals surface area contributed by atoms with Crippen LogP contribution in [0.3, 0.4) is 0 Å². The summed E-state index contributed by atoms with van der Waals surface area (Å²) in [5.74, 6) is -1.13. The van der Waals surface area contributed by atoms with Crippen LogP contribution in [0.1, 0.15) is 103 Å². The molecule has 17 heteroatoms. The molecule has 1 aromatic heterocycles. The monoisotopic (exact) mass is 814 g/mol. The number of carbonyl (C=O) groups excluding carboxylic acids is 4. The van der Waals surface area contributed by atoms with Gasteiger partial charge in [0.25, 0.3) is 0 Å². The first-order chi connectivity index (χ1) is 23.2. The molecule has 0 saturated carbocycles. The number of imidazole rings is 1. The quantitative estimate of drug-likeness (QED) is 0.0772. The Kier molecular flexibility index (Phi) is 27.4. The van der Waals surface area contributed by atoms with E-state index in [0.29, 0.717) is 11.5 Å². The number of alkyl carbamates (subject to hydrolysis) is 2. The maximum absolute atomic E-state index is 12.0. The van der Waals surface area contributed by atoms with E-state index in [1.807, 2.05) is 0 Å². The van der Waals surface area contributed by atoms with Gasteiger partial charge in [0.05, 0.1) is 20.5 Å². The maximum Gasteiger partial charge on any atom is 0.407 e. The van der Waals surface area contributed by atoms with Crippen molar-refractivity contribution >= 4 is 50.9 Å². The second-order valence-electron chi connectivity index (χ2n) is 16.8. The second kappa shape index (κ2) is 25.4. The smallest absolute Gasteiger partial charge is 0.407 e. The maximum atomic E-state index is 12.0. The van der Waals surface area contributed by atoms with Gasteiger partial charge in [0.2, 0.25) is 0 Å². The lowest BCUT2D eigenvalue weighted by atomic mass is 10.2. The molecule has 0 saturated heterocycles. The fourth-order valence-corrected chi connectivity index (χ4v) is 3.88. The van der Waals surface area contributed by atoms with Crippen molar-refractivity contribution in [1.29, 1.82) is 0 Å². The van der Waals surface area contributed by atoms with E-state index in [9.17, 15) is 24.3 Å². The predicted octanol–water partition coefficient (Wildman–Crippen LogP) is 8.18. The summed E-state index contributed by atoms with van der Waals surface area (Å²) >= 11 is 6.15. The van der Waals surface area contributed by atoms with E-state index >= 15 is 0 Å². The number of rotatable bonds is 10. The molecule has 53 heavy (non-hydrogen) atoms. The first-order valence-electron chi connectivity index (χ1n) is 17.3. The van der Waals surface area contributed by atoms with Crippen LogP contribution in [-0.4, -0.2) is 106 Å². The normalized spacial score (nSPS) is 12.9. The van der Waals surface area contributed by atoms with Gasteiger partial charge >= 0.3 is 24.1 Å². The van der Waals surface area contributed by atoms with Gasteiger partial charge < -0.3 is 44.1 Å². The molecule has 2 atom stereocenters. The highest BCUT2D eigenvalue weighted by atomic mass is 35.6. The number of nitrogens with zero attached hydrogens (tertiary/aromatic N) is 1. The molecule has 0 aliphatic carbocycles. The van der Waals surface area contributed by atoms with Gasteiger partial charge in [-0.2, -0.15) is 11.1 Å². The Morgan fingerprint density at radius 3 is 1.42 bits per heavy atom. The van der Waals surface area contributed by atoms with E-state index in [-0.39, 0.29) is 32.0 Å². The van der Waals surface area contributed by atoms with E-state index in [1.54, 1.807) is 60.3 Å². The molecule has 0 fully saturated rings. The number of aromatic nitrogens is 2. The fraction of sp³-hybridized carbons (Fsp3) is 0.806. The molecule has 4 N–H and O–H groups in total. The molecule has 0 spiro atoms. The lowest BCUT2D eigenvalue weighted by Gasteiger charge is -2.38. The summed E-state index contributed by atoms with van der Waals surface area (Å²) in [5.41, 5.74) is -1.12. The van der Waals surface area contributed by atoms with Crippen LogP contribution < -0.4 is 10.6 Å². The Morgan fingerprint density at radius 2 is 1.15 bits per heavy atom. The van der Waals surface area contributed by atoms with Crippen LogP contribution in [0.25, 0.3) is 0 Å². The average molecular weight is 816 g/mol. The van der Waals surface area contributed by atoms with Crippen molar-refractivity contribution in [3.63, 3.8) is 0 Å². The number of H-pyrrole nitrogens is 1. The summed E-state index contributed by atoms with van der Waals surface area (Å²) in [4.78, 5) is 52.0. The average Bonchev–Trinajstić information content (AvgIpc) is 3.53. The third kappa shape index (κ3) is 31.4. The van der Waals surface area contributed by atoms with Crippen LogP contribution in [-0.2, 0) is 33.0 Å². The van der Waals surface area contributed by atoms with E-state index in [1.165, 1.54) is 14.2 Å². The van der Waals surface area contributed by atoms with Gasteiger partial charge in [-0.15, -0.1) is 0 Å². The summed E-state index contributed by atoms with van der Waals surface area (Å²) < 4.78 is 25.4. The summed E-state index contributed by atoms with van der Waals surface area (Å²) in [5, 5.41) is 14.6. The Bertz CT molecular complexity index is 1120. The molecule has 314 valence electrons. The van der Waals surface area contributed by atoms with Gasteiger partial charge in [-0.25, -0.2) is 24.2 Å². The number of aliphatic hydroxyl groups is 1. The number of carbonyl (C=O) groups is 4. The zero-order valence-electron chi connectivity index (χ0n) is 35.2. The van der Waals surface area contributed by atoms with E-state index in [0.717, 1.165) is 0 Å². The molecule has 1 heterocycles. The number of hydrogen-bond donors (Lipinski definition) is 4. The highest BCUT2D eigenvalue weighted by Gasteiger charge is 2.41. The van der Waals surface area contributed by atoms with Gasteiger partial charge in [0.15, 0.2) is 21.8 Å². The lowest BCUT2D eigenvalue weighted by molar-refractivity contribution is -0.150. The Labute approximate surface area is 327 Å². The number of ether oxygens (including phenoxy) is 4. The van der Waals surface area contributed by atoms with Gasteiger partial charge in [-0.1, -0.05) is 62.1 Å². The third-order valence-corrected chi connectivity index (χ3v) is 17.3. The van der Waals surface area contributed by atoms with Gasteiger partial charge in [0.1, 0.15) is 17.3 Å². The van der Waals surface area contributed by atoms with Crippen LogP contribution in [0, 0.1) is 0 Å². The number of aliphatic hydroxyl groups excluding tert-OH is 1. The zero-order chi connectivity index (χ0) is 41.8. The summed E-state index contributed by atoms with van der Waals surface area (Å²) in [6.45, 7) is 32.5. The molecule has 0 aliphatic rings. The topological polar surface area (TPSA) is 187 Å². The minimum Gasteiger partial charge on any atom is -0.467 e. The first-order valence-corrected chi connectivity index (χ1v) is 24.2. The van der Waals surface area contributed by atoms with Gasteiger partial charge in [-0.05, 0) is 64.7 Å². The summed E-state index contributed by atoms with van der Waals surface area (Å²) in [6.07, 6.45) is 2.53. The molecule has 2 unspecified atom stereocenters. The number of halogens is 1. The predicted molar refractivity (Wildman–Crippen MR) is 218 cm³/mol. The molecule has 14 nitrogen and oxygen atoms in total. The molecule has 1 aromatic rings. The molecule has 0 radical (unpaired) electrons. The second-order valence-corrected chi connectivity index (χ2v) is 28.9. The molecular formula is C36H75ClN4O10Si2. The van der Waals surface area contributed by atoms with Crippen LogP contribution in [0.15, 0.2) is 18.7 Å². The third-order valence-electron chi connectivity index (χ3n) is 7.53. The SMILES string of the molecule is C.CC(C)(C)[Si](C)(C)Cl.COC(=O)C(CCNC(=O)OC(C)(C)C)O[Si](C)(C)C(C)(C)C.COC(=O)C(O)CCNC(=O)OC(C)(C)C.c1c[nH]cn1. The summed E-state index contributed by atoms with van der Waals surface area (Å²) in [7, 11) is -0.968. The number of methoxy groups -OCH3 is 2. The van der Waals surface area contributed by atoms with Crippen molar-refractivity contribution in [2.24, 2.45) is 0 Å². The number of esters is 2. The molecule has 1 rings (SSSR count).